The fourth-order valence-corrected chi connectivity index (χ4v) is 8.75. The number of esters is 1. The normalized spacial score (nSPS) is 13.5. The Morgan fingerprint density at radius 1 is 0.455 bits per heavy atom. The minimum Gasteiger partial charge on any atom is -0.462 e. The number of nitrogens with one attached hydrogen (secondary N) is 1. The van der Waals surface area contributed by atoms with E-state index in [-0.39, 0.29) is 24.9 Å². The van der Waals surface area contributed by atoms with Gasteiger partial charge in [0.1, 0.15) is 6.10 Å². The largest absolute Gasteiger partial charge is 0.462 e. The van der Waals surface area contributed by atoms with Gasteiger partial charge in [0.2, 0.25) is 5.91 Å². The second-order valence-electron chi connectivity index (χ2n) is 19.7. The summed E-state index contributed by atoms with van der Waals surface area (Å²) in [4.78, 5) is 26.3. The van der Waals surface area contributed by atoms with E-state index in [1.165, 1.54) is 167 Å². The van der Waals surface area contributed by atoms with Crippen molar-refractivity contribution < 1.29 is 24.5 Å². The number of hydrogen-bond donors (Lipinski definition) is 3. The molecule has 0 rings (SSSR count). The molecule has 0 aromatic heterocycles. The molecule has 0 aliphatic heterocycles. The Balaban J connectivity index is 4.61. The molecule has 6 nitrogen and oxygen atoms in total. The smallest absolute Gasteiger partial charge is 0.306 e. The van der Waals surface area contributed by atoms with Crippen molar-refractivity contribution in [3.63, 3.8) is 0 Å². The molecule has 0 bridgehead atoms. The zero-order valence-corrected chi connectivity index (χ0v) is 44.1. The highest BCUT2D eigenvalue weighted by molar-refractivity contribution is 5.77. The fourth-order valence-electron chi connectivity index (χ4n) is 8.75. The number of aliphatic hydroxyl groups excluding tert-OH is 2. The van der Waals surface area contributed by atoms with Gasteiger partial charge in [-0.05, 0) is 83.5 Å². The molecular formula is C60H111NO5. The number of carbonyl (C=O) groups is 2. The SMILES string of the molecule is CCCCC/C=C\C/C=C\CCCCCCCCCC(=O)OC(CCCCC/C=C/C=C/CCCCCCCCC)CC(=O)NC(CO)C(O)CCCCCCCCCCCCCCCC. The minimum atomic E-state index is -0.797. The van der Waals surface area contributed by atoms with Gasteiger partial charge in [-0.25, -0.2) is 0 Å². The summed E-state index contributed by atoms with van der Waals surface area (Å²) in [6.07, 6.45) is 66.0. The maximum Gasteiger partial charge on any atom is 0.306 e. The van der Waals surface area contributed by atoms with Gasteiger partial charge in [0.25, 0.3) is 0 Å². The lowest BCUT2D eigenvalue weighted by atomic mass is 10.0. The van der Waals surface area contributed by atoms with Crippen LogP contribution in [0.1, 0.15) is 297 Å². The van der Waals surface area contributed by atoms with Crippen molar-refractivity contribution >= 4 is 11.9 Å². The van der Waals surface area contributed by atoms with E-state index in [1.807, 2.05) is 0 Å². The lowest BCUT2D eigenvalue weighted by molar-refractivity contribution is -0.151. The van der Waals surface area contributed by atoms with Crippen LogP contribution in [-0.2, 0) is 14.3 Å². The first kappa shape index (κ1) is 63.8. The van der Waals surface area contributed by atoms with E-state index in [0.29, 0.717) is 19.3 Å². The van der Waals surface area contributed by atoms with Crippen molar-refractivity contribution in [2.24, 2.45) is 0 Å². The summed E-state index contributed by atoms with van der Waals surface area (Å²) in [6, 6.07) is -0.712. The van der Waals surface area contributed by atoms with Gasteiger partial charge in [-0.15, -0.1) is 0 Å². The molecule has 66 heavy (non-hydrogen) atoms. The van der Waals surface area contributed by atoms with E-state index >= 15 is 0 Å². The molecule has 0 saturated carbocycles. The van der Waals surface area contributed by atoms with E-state index in [1.54, 1.807) is 0 Å². The molecule has 3 unspecified atom stereocenters. The monoisotopic (exact) mass is 926 g/mol. The van der Waals surface area contributed by atoms with Crippen LogP contribution in [0.3, 0.4) is 0 Å². The maximum atomic E-state index is 13.3. The first-order chi connectivity index (χ1) is 32.5. The highest BCUT2D eigenvalue weighted by Crippen LogP contribution is 2.18. The summed E-state index contributed by atoms with van der Waals surface area (Å²) in [5, 5.41) is 23.9. The van der Waals surface area contributed by atoms with Crippen LogP contribution < -0.4 is 5.32 Å². The van der Waals surface area contributed by atoms with Crippen LogP contribution in [0.25, 0.3) is 0 Å². The van der Waals surface area contributed by atoms with Crippen molar-refractivity contribution in [1.82, 2.24) is 5.32 Å². The van der Waals surface area contributed by atoms with Gasteiger partial charge in [0, 0.05) is 6.42 Å². The third-order valence-electron chi connectivity index (χ3n) is 13.2. The number of hydrogen-bond acceptors (Lipinski definition) is 5. The first-order valence-electron chi connectivity index (χ1n) is 28.9. The molecule has 3 atom stereocenters. The third-order valence-corrected chi connectivity index (χ3v) is 13.2. The average molecular weight is 927 g/mol. The molecule has 0 saturated heterocycles. The molecule has 6 heteroatoms. The predicted octanol–water partition coefficient (Wildman–Crippen LogP) is 17.8. The zero-order chi connectivity index (χ0) is 48.1. The second-order valence-corrected chi connectivity index (χ2v) is 19.7. The number of aliphatic hydroxyl groups is 2. The van der Waals surface area contributed by atoms with Gasteiger partial charge in [-0.1, -0.05) is 249 Å². The molecular weight excluding hydrogens is 815 g/mol. The van der Waals surface area contributed by atoms with Crippen LogP contribution >= 0.6 is 0 Å². The molecule has 0 aliphatic rings. The molecule has 0 aliphatic carbocycles. The second kappa shape index (κ2) is 53.8. The van der Waals surface area contributed by atoms with E-state index < -0.39 is 18.2 Å². The molecule has 0 fully saturated rings. The fraction of sp³-hybridized carbons (Fsp3) is 0.833. The van der Waals surface area contributed by atoms with Gasteiger partial charge >= 0.3 is 5.97 Å². The summed E-state index contributed by atoms with van der Waals surface area (Å²) in [7, 11) is 0. The summed E-state index contributed by atoms with van der Waals surface area (Å²) in [5.41, 5.74) is 0. The molecule has 386 valence electrons. The van der Waals surface area contributed by atoms with Gasteiger partial charge in [0.05, 0.1) is 25.2 Å². The standard InChI is InChI=1S/C60H111NO5/c1-4-7-10-13-16-19-22-25-28-30-32-35-38-41-44-47-50-53-60(65)66-56(51-48-45-42-39-36-33-31-29-26-23-20-17-14-11-8-5-2)54-59(64)61-57(55-62)58(63)52-49-46-43-40-37-34-27-24-21-18-15-12-9-6-3/h16,19,25,28-29,31,33,36,56-58,62-63H,4-15,17-18,20-24,26-27,30,32,34-35,37-55H2,1-3H3,(H,61,64)/b19-16-,28-25-,31-29+,36-33+. The van der Waals surface area contributed by atoms with E-state index in [2.05, 4.69) is 74.7 Å². The number of carbonyl (C=O) groups excluding carboxylic acids is 2. The zero-order valence-electron chi connectivity index (χ0n) is 44.1. The topological polar surface area (TPSA) is 95.9 Å². The Bertz CT molecular complexity index is 1130. The van der Waals surface area contributed by atoms with Crippen LogP contribution in [0.15, 0.2) is 48.6 Å². The number of rotatable bonds is 52. The molecule has 1 amide bonds. The number of ether oxygens (including phenoxy) is 1. The Hall–Kier alpha value is -2.18. The van der Waals surface area contributed by atoms with Gasteiger partial charge < -0.3 is 20.3 Å². The summed E-state index contributed by atoms with van der Waals surface area (Å²) in [6.45, 7) is 6.47. The Morgan fingerprint density at radius 3 is 1.29 bits per heavy atom. The first-order valence-corrected chi connectivity index (χ1v) is 28.9. The van der Waals surface area contributed by atoms with Crippen LogP contribution in [0.2, 0.25) is 0 Å². The molecule has 3 N–H and O–H groups in total. The average Bonchev–Trinajstić information content (AvgIpc) is 3.31. The quantitative estimate of drug-likeness (QED) is 0.0244. The van der Waals surface area contributed by atoms with Gasteiger partial charge in [-0.3, -0.25) is 9.59 Å². The molecule has 0 radical (unpaired) electrons. The van der Waals surface area contributed by atoms with Crippen LogP contribution in [0, 0.1) is 0 Å². The van der Waals surface area contributed by atoms with Crippen molar-refractivity contribution in [3.8, 4) is 0 Å². The van der Waals surface area contributed by atoms with Crippen molar-refractivity contribution in [2.45, 2.75) is 315 Å². The highest BCUT2D eigenvalue weighted by Gasteiger charge is 2.24. The van der Waals surface area contributed by atoms with Crippen molar-refractivity contribution in [3.05, 3.63) is 48.6 Å². The minimum absolute atomic E-state index is 0.0577. The Labute approximate surface area is 410 Å². The van der Waals surface area contributed by atoms with E-state index in [0.717, 1.165) is 83.5 Å². The maximum absolute atomic E-state index is 13.3. The molecule has 0 aromatic carbocycles. The number of amides is 1. The Kier molecular flexibility index (Phi) is 52.0. The molecule has 0 spiro atoms. The van der Waals surface area contributed by atoms with Crippen LogP contribution in [0.4, 0.5) is 0 Å². The lowest BCUT2D eigenvalue weighted by Crippen LogP contribution is -2.46. The van der Waals surface area contributed by atoms with Crippen molar-refractivity contribution in [2.75, 3.05) is 6.61 Å². The van der Waals surface area contributed by atoms with Crippen LogP contribution in [0.5, 0.6) is 0 Å². The van der Waals surface area contributed by atoms with Gasteiger partial charge in [-0.2, -0.15) is 0 Å². The number of allylic oxidation sites excluding steroid dienone is 8. The lowest BCUT2D eigenvalue weighted by Gasteiger charge is -2.24. The van der Waals surface area contributed by atoms with Crippen molar-refractivity contribution in [1.29, 1.82) is 0 Å². The Morgan fingerprint density at radius 2 is 0.818 bits per heavy atom. The third kappa shape index (κ3) is 48.3. The van der Waals surface area contributed by atoms with E-state index in [9.17, 15) is 19.8 Å². The summed E-state index contributed by atoms with van der Waals surface area (Å²) < 4.78 is 5.95. The molecule has 0 heterocycles. The van der Waals surface area contributed by atoms with Gasteiger partial charge in [0.15, 0.2) is 0 Å². The number of unbranched alkanes of at least 4 members (excludes halogenated alkanes) is 33. The highest BCUT2D eigenvalue weighted by atomic mass is 16.5. The summed E-state index contributed by atoms with van der Waals surface area (Å²) >= 11 is 0. The predicted molar refractivity (Wildman–Crippen MR) is 287 cm³/mol. The summed E-state index contributed by atoms with van der Waals surface area (Å²) in [5.74, 6) is -0.499. The van der Waals surface area contributed by atoms with E-state index in [4.69, 9.17) is 4.74 Å². The molecule has 0 aromatic rings. The van der Waals surface area contributed by atoms with Crippen LogP contribution in [-0.4, -0.2) is 46.9 Å².